The predicted molar refractivity (Wildman–Crippen MR) is 65.7 cm³/mol. The number of ether oxygens (including phenoxy) is 1. The van der Waals surface area contributed by atoms with Crippen LogP contribution in [0.1, 0.15) is 0 Å². The maximum absolute atomic E-state index is 10.5. The van der Waals surface area contributed by atoms with E-state index in [0.29, 0.717) is 0 Å². The Kier molecular flexibility index (Phi) is 7.81. The van der Waals surface area contributed by atoms with Crippen molar-refractivity contribution in [1.29, 1.82) is 0 Å². The highest BCUT2D eigenvalue weighted by atomic mass is 127. The molecule has 0 saturated carbocycles. The molecule has 0 aromatic carbocycles. The fourth-order valence-corrected chi connectivity index (χ4v) is 0.740. The highest BCUT2D eigenvalue weighted by molar-refractivity contribution is 14.1. The predicted octanol–water partition coefficient (Wildman–Crippen LogP) is 3.20. The number of alkyl halides is 1. The van der Waals surface area contributed by atoms with Crippen molar-refractivity contribution < 1.29 is 9.53 Å². The molecule has 64 valence electrons. The number of carbonyl (C=O) groups is 1. The van der Waals surface area contributed by atoms with Crippen LogP contribution in [-0.2, 0) is 9.53 Å². The van der Waals surface area contributed by atoms with Crippen molar-refractivity contribution in [3.8, 4) is 0 Å². The van der Waals surface area contributed by atoms with E-state index in [0.717, 1.165) is 6.07 Å². The number of esters is 1. The lowest BCUT2D eigenvalue weighted by Crippen LogP contribution is -2.06. The normalized spacial score (nSPS) is 12.4. The van der Waals surface area contributed by atoms with Gasteiger partial charge in [0.1, 0.15) is 12.5 Å². The summed E-state index contributed by atoms with van der Waals surface area (Å²) in [5.41, 5.74) is 0. The van der Waals surface area contributed by atoms with Gasteiger partial charge < -0.3 is 4.74 Å². The minimum Gasteiger partial charge on any atom is -0.459 e. The Labute approximate surface area is 105 Å². The monoisotopic (exact) mass is 464 g/mol. The van der Waals surface area contributed by atoms with Crippen molar-refractivity contribution in [3.63, 3.8) is 0 Å². The molecule has 0 unspecified atom stereocenters. The topological polar surface area (TPSA) is 26.3 Å². The van der Waals surface area contributed by atoms with Gasteiger partial charge in [-0.1, -0.05) is 0 Å². The van der Waals surface area contributed by atoms with E-state index >= 15 is 0 Å². The quantitative estimate of drug-likeness (QED) is 0.364. The van der Waals surface area contributed by atoms with Gasteiger partial charge in [-0.25, -0.2) is 0 Å². The summed E-state index contributed by atoms with van der Waals surface area (Å²) in [5.74, 6) is -0.492. The Morgan fingerprint density at radius 3 is 2.45 bits per heavy atom. The van der Waals surface area contributed by atoms with Crippen LogP contribution in [0, 0.1) is 0 Å². The standard InChI is InChI=1S/C5H4BrClI2O2/c6-5(9)3(8)2-11-4(10)1-7/h1-2H2/b5-3+. The molecule has 0 aliphatic rings. The Morgan fingerprint density at radius 1 is 1.55 bits per heavy atom. The molecule has 0 atom stereocenters. The molecular weight excluding hydrogens is 461 g/mol. The first-order valence-corrected chi connectivity index (χ1v) is 5.97. The van der Waals surface area contributed by atoms with Gasteiger partial charge in [0, 0.05) is 3.58 Å². The van der Waals surface area contributed by atoms with Gasteiger partial charge >= 0.3 is 5.97 Å². The van der Waals surface area contributed by atoms with Crippen LogP contribution in [0.2, 0.25) is 0 Å². The first-order chi connectivity index (χ1) is 5.07. The van der Waals surface area contributed by atoms with Crippen molar-refractivity contribution >= 4 is 78.7 Å². The van der Waals surface area contributed by atoms with Gasteiger partial charge in [-0.2, -0.15) is 0 Å². The van der Waals surface area contributed by atoms with E-state index in [2.05, 4.69) is 61.1 Å². The number of halogens is 4. The second-order valence-corrected chi connectivity index (χ2v) is 6.38. The summed E-state index contributed by atoms with van der Waals surface area (Å²) < 4.78 is 6.63. The van der Waals surface area contributed by atoms with Crippen molar-refractivity contribution in [2.45, 2.75) is 0 Å². The summed E-state index contributed by atoms with van der Waals surface area (Å²) in [4.78, 5) is 10.5. The highest BCUT2D eigenvalue weighted by Crippen LogP contribution is 2.24. The van der Waals surface area contributed by atoms with Crippen LogP contribution in [0.4, 0.5) is 0 Å². The molecule has 0 rings (SSSR count). The molecule has 11 heavy (non-hydrogen) atoms. The van der Waals surface area contributed by atoms with Gasteiger partial charge in [-0.05, 0) is 61.1 Å². The van der Waals surface area contributed by atoms with Crippen LogP contribution < -0.4 is 0 Å². The minimum absolute atomic E-state index is 0.0945. The Bertz CT molecular complexity index is 179. The molecule has 0 bridgehead atoms. The van der Waals surface area contributed by atoms with Crippen LogP contribution in [0.3, 0.4) is 0 Å². The van der Waals surface area contributed by atoms with Gasteiger partial charge in [0.2, 0.25) is 0 Å². The third-order valence-electron chi connectivity index (χ3n) is 0.674. The van der Waals surface area contributed by atoms with Crippen LogP contribution >= 0.6 is 72.7 Å². The lowest BCUT2D eigenvalue weighted by molar-refractivity contribution is -0.139. The second-order valence-electron chi connectivity index (χ2n) is 1.46. The molecule has 0 amide bonds. The molecule has 0 aliphatic carbocycles. The van der Waals surface area contributed by atoms with Gasteiger partial charge in [0.15, 0.2) is 0 Å². The summed E-state index contributed by atoms with van der Waals surface area (Å²) >= 11 is 12.6. The molecule has 0 N–H and O–H groups in total. The van der Waals surface area contributed by atoms with Crippen molar-refractivity contribution in [2.75, 3.05) is 12.5 Å². The van der Waals surface area contributed by atoms with Gasteiger partial charge in [-0.3, -0.25) is 4.79 Å². The molecule has 6 heteroatoms. The number of hydrogen-bond acceptors (Lipinski definition) is 2. The minimum atomic E-state index is -0.397. The number of carbonyl (C=O) groups excluding carboxylic acids is 1. The van der Waals surface area contributed by atoms with E-state index in [1.54, 1.807) is 0 Å². The van der Waals surface area contributed by atoms with Gasteiger partial charge in [-0.15, -0.1) is 11.6 Å². The molecule has 0 spiro atoms. The van der Waals surface area contributed by atoms with Crippen molar-refractivity contribution in [2.24, 2.45) is 0 Å². The first kappa shape index (κ1) is 12.4. The van der Waals surface area contributed by atoms with Crippen LogP contribution in [0.5, 0.6) is 0 Å². The average Bonchev–Trinajstić information content (AvgIpc) is 1.99. The molecular formula is C5H4BrClI2O2. The lowest BCUT2D eigenvalue weighted by atomic mass is 10.7. The Morgan fingerprint density at radius 2 is 2.09 bits per heavy atom. The van der Waals surface area contributed by atoms with Gasteiger partial charge in [0.25, 0.3) is 0 Å². The molecule has 0 fully saturated rings. The molecule has 0 aliphatic heterocycles. The van der Waals surface area contributed by atoms with E-state index in [-0.39, 0.29) is 12.5 Å². The summed E-state index contributed by atoms with van der Waals surface area (Å²) in [6.07, 6.45) is 0. The van der Waals surface area contributed by atoms with Crippen LogP contribution in [-0.4, -0.2) is 18.5 Å². The first-order valence-electron chi connectivity index (χ1n) is 2.49. The molecule has 0 heterocycles. The van der Waals surface area contributed by atoms with Gasteiger partial charge in [0.05, 0.1) is 2.49 Å². The van der Waals surface area contributed by atoms with Crippen LogP contribution in [0.25, 0.3) is 0 Å². The number of hydrogen-bond donors (Lipinski definition) is 0. The van der Waals surface area contributed by atoms with Crippen molar-refractivity contribution in [1.82, 2.24) is 0 Å². The molecule has 0 saturated heterocycles. The fourth-order valence-electron chi connectivity index (χ4n) is 0.237. The zero-order valence-electron chi connectivity index (χ0n) is 5.24. The van der Waals surface area contributed by atoms with E-state index in [9.17, 15) is 4.79 Å². The molecule has 2 nitrogen and oxygen atoms in total. The molecule has 0 aromatic rings. The summed E-state index contributed by atoms with van der Waals surface area (Å²) in [6.45, 7) is 0.287. The molecule has 0 aromatic heterocycles. The SMILES string of the molecule is O=C(CCl)OC/C(I)=C(/Br)I. The smallest absolute Gasteiger partial charge is 0.321 e. The molecule has 0 radical (unpaired) electrons. The Hall–Kier alpha value is 1.44. The van der Waals surface area contributed by atoms with E-state index in [4.69, 9.17) is 16.3 Å². The van der Waals surface area contributed by atoms with E-state index in [1.165, 1.54) is 0 Å². The summed E-state index contributed by atoms with van der Waals surface area (Å²) in [6, 6.07) is 0. The average molecular weight is 465 g/mol. The van der Waals surface area contributed by atoms with Crippen molar-refractivity contribution in [3.05, 3.63) is 6.07 Å². The lowest BCUT2D eigenvalue weighted by Gasteiger charge is -2.00. The fraction of sp³-hybridized carbons (Fsp3) is 0.400. The third kappa shape index (κ3) is 6.59. The summed E-state index contributed by atoms with van der Waals surface area (Å²) in [5, 5.41) is 0. The zero-order valence-corrected chi connectivity index (χ0v) is 11.9. The maximum atomic E-state index is 10.5. The van der Waals surface area contributed by atoms with Crippen LogP contribution in [0.15, 0.2) is 6.07 Å². The largest absolute Gasteiger partial charge is 0.459 e. The zero-order chi connectivity index (χ0) is 8.85. The number of rotatable bonds is 3. The summed E-state index contributed by atoms with van der Waals surface area (Å²) in [7, 11) is 0. The highest BCUT2D eigenvalue weighted by Gasteiger charge is 2.02. The second kappa shape index (κ2) is 6.90. The maximum Gasteiger partial charge on any atom is 0.321 e. The van der Waals surface area contributed by atoms with E-state index in [1.807, 2.05) is 0 Å². The third-order valence-corrected chi connectivity index (χ3v) is 4.65. The van der Waals surface area contributed by atoms with E-state index < -0.39 is 5.97 Å². The Balaban J connectivity index is 3.72.